The first-order valence-electron chi connectivity index (χ1n) is 25.0. The summed E-state index contributed by atoms with van der Waals surface area (Å²) in [7, 11) is 0. The van der Waals surface area contributed by atoms with E-state index in [-0.39, 0.29) is 0 Å². The minimum Gasteiger partial charge on any atom is -0.197 e. The van der Waals surface area contributed by atoms with Gasteiger partial charge in [-0.2, -0.15) is 26.3 Å². The van der Waals surface area contributed by atoms with Crippen molar-refractivity contribution in [3.8, 4) is 30.3 Å². The normalized spacial score (nSPS) is 30.5. The molecule has 11 aliphatic rings. The van der Waals surface area contributed by atoms with E-state index in [1.165, 1.54) is 172 Å². The summed E-state index contributed by atoms with van der Waals surface area (Å²) < 4.78 is 0. The van der Waals surface area contributed by atoms with E-state index in [1.807, 2.05) is 0 Å². The van der Waals surface area contributed by atoms with Gasteiger partial charge < -0.3 is 0 Å². The van der Waals surface area contributed by atoms with Crippen LogP contribution in [-0.4, -0.2) is 0 Å². The van der Waals surface area contributed by atoms with Gasteiger partial charge in [0.2, 0.25) is 0 Å². The molecule has 0 radical (unpaired) electrons. The Morgan fingerprint density at radius 1 is 0.200 bits per heavy atom. The number of allylic oxidation sites excluding steroid dienone is 4. The molecule has 6 atom stereocenters. The molecule has 2 unspecified atom stereocenters. The number of hydrogen-bond donors (Lipinski definition) is 0. The summed E-state index contributed by atoms with van der Waals surface area (Å²) in [4.78, 5) is 0. The fraction of sp³-hybridized carbons (Fsp3) is 0.0923. The van der Waals surface area contributed by atoms with Crippen molar-refractivity contribution in [2.24, 2.45) is 5.92 Å². The van der Waals surface area contributed by atoms with Gasteiger partial charge in [0.25, 0.3) is 0 Å². The predicted molar refractivity (Wildman–Crippen MR) is 267 cm³/mol. The Balaban J connectivity index is 1.23. The third kappa shape index (κ3) is 1.23. The molecule has 21 aromatic rings. The second kappa shape index (κ2) is 5.60. The van der Waals surface area contributed by atoms with Crippen LogP contribution in [0.25, 0.3) is 215 Å². The van der Waals surface area contributed by atoms with Crippen molar-refractivity contribution in [2.45, 2.75) is 27.1 Å². The molecule has 32 rings (SSSR count). The van der Waals surface area contributed by atoms with Crippen molar-refractivity contribution in [3.05, 3.63) is 77.9 Å². The zero-order valence-electron chi connectivity index (χ0n) is 34.8. The maximum atomic E-state index is 13.1. The fourth-order valence-corrected chi connectivity index (χ4v) is 25.6. The van der Waals surface area contributed by atoms with Crippen molar-refractivity contribution in [2.75, 3.05) is 0 Å². The van der Waals surface area contributed by atoms with Crippen LogP contribution in [0, 0.1) is 62.6 Å². The van der Waals surface area contributed by atoms with E-state index in [9.17, 15) is 26.3 Å². The van der Waals surface area contributed by atoms with Gasteiger partial charge in [0.15, 0.2) is 0 Å². The largest absolute Gasteiger partial charge is 0.197 e. The van der Waals surface area contributed by atoms with E-state index in [1.54, 1.807) is 0 Å². The molecule has 0 bridgehead atoms. The van der Waals surface area contributed by atoms with Crippen molar-refractivity contribution in [1.29, 1.82) is 26.3 Å². The molecule has 0 heterocycles. The summed E-state index contributed by atoms with van der Waals surface area (Å²) >= 11 is 0. The molecule has 0 aliphatic heterocycles. The van der Waals surface area contributed by atoms with E-state index in [0.717, 1.165) is 121 Å². The van der Waals surface area contributed by atoms with Crippen LogP contribution in [0.15, 0.2) is 22.3 Å². The molecule has 0 aromatic heterocycles. The zero-order chi connectivity index (χ0) is 42.8. The first-order valence-corrected chi connectivity index (χ1v) is 25.0. The first kappa shape index (κ1) is 26.1. The van der Waals surface area contributed by atoms with E-state index < -0.39 is 33.0 Å². The van der Waals surface area contributed by atoms with Crippen molar-refractivity contribution in [1.82, 2.24) is 0 Å². The van der Waals surface area contributed by atoms with Crippen LogP contribution in [0.4, 0.5) is 0 Å². The summed E-state index contributed by atoms with van der Waals surface area (Å²) in [5.74, 6) is -0.701. The van der Waals surface area contributed by atoms with Crippen molar-refractivity contribution < 1.29 is 0 Å². The van der Waals surface area contributed by atoms with Crippen LogP contribution >= 0.6 is 0 Å². The average Bonchev–Trinajstić information content (AvgIpc) is 4.35. The maximum Gasteiger partial charge on any atom is 0.134 e. The van der Waals surface area contributed by atoms with E-state index in [0.29, 0.717) is 0 Å². The van der Waals surface area contributed by atoms with Crippen LogP contribution in [0.2, 0.25) is 0 Å². The van der Waals surface area contributed by atoms with Gasteiger partial charge >= 0.3 is 0 Å². The summed E-state index contributed by atoms with van der Waals surface area (Å²) in [6.07, 6.45) is 0. The number of benzene rings is 15. The number of rotatable bonds is 0. The van der Waals surface area contributed by atoms with Gasteiger partial charge in [-0.05, 0) is 293 Å². The lowest BCUT2D eigenvalue weighted by atomic mass is 9.43. The second-order valence-electron chi connectivity index (χ2n) is 25.1. The Labute approximate surface area is 381 Å². The minimum absolute atomic E-state index is 0.701. The lowest BCUT2D eigenvalue weighted by Crippen LogP contribution is -2.55. The Morgan fingerprint density at radius 3 is 0.571 bits per heavy atom. The summed E-state index contributed by atoms with van der Waals surface area (Å²) in [6, 6.07) is 16.3. The lowest BCUT2D eigenvalue weighted by molar-refractivity contribution is 0.398. The third-order valence-electron chi connectivity index (χ3n) is 25.5. The fourth-order valence-electron chi connectivity index (χ4n) is 25.6. The number of hydrogen-bond acceptors (Lipinski definition) is 5. The highest BCUT2D eigenvalue weighted by Crippen LogP contribution is 2.90. The number of nitrogens with zero attached hydrogens (tertiary/aromatic N) is 5. The highest BCUT2D eigenvalue weighted by atomic mass is 14.8. The topological polar surface area (TPSA) is 119 Å². The van der Waals surface area contributed by atoms with Crippen LogP contribution in [0.3, 0.4) is 0 Å². The van der Waals surface area contributed by atoms with Gasteiger partial charge in [-0.15, -0.1) is 0 Å². The summed E-state index contributed by atoms with van der Waals surface area (Å²) in [5, 5.41) is 118. The van der Waals surface area contributed by atoms with Gasteiger partial charge in [0, 0.05) is 5.92 Å². The average molecular weight is 852 g/mol. The Bertz CT molecular complexity index is 6820. The maximum absolute atomic E-state index is 13.1. The van der Waals surface area contributed by atoms with Crippen molar-refractivity contribution in [3.63, 3.8) is 0 Å². The molecule has 21 aromatic carbocycles. The van der Waals surface area contributed by atoms with Gasteiger partial charge in [-0.25, -0.2) is 0 Å². The molecule has 70 heavy (non-hydrogen) atoms. The second-order valence-corrected chi connectivity index (χ2v) is 25.1. The first-order chi connectivity index (χ1) is 34.6. The Hall–Kier alpha value is -9.57. The molecule has 11 aliphatic carbocycles. The van der Waals surface area contributed by atoms with Crippen molar-refractivity contribution >= 4 is 215 Å². The smallest absolute Gasteiger partial charge is 0.134 e. The molecule has 0 spiro atoms. The molecule has 0 N–H and O–H groups in total. The predicted octanol–water partition coefficient (Wildman–Crippen LogP) is 13.5. The van der Waals surface area contributed by atoms with Gasteiger partial charge in [-0.1, -0.05) is 0 Å². The quantitative estimate of drug-likeness (QED) is 0.141. The standard InChI is InChI=1S/C65HN5/c66-1-61-46-36-26-16-11-6-7-9-10-8(6)13-20-18(11)28(26)38-40-30(20)32-22(13)24-15(10)25-23-14(9)21-19-12(7)17(16)27-29(19)39-41-31(21)33(23)43-45-35(25)34(24)44-42(32)52-50(40)62(2-67,48(38)46)57-56(61)58-60-59(57)64(52,4-69)54(44)55(45)65(60,5-70)53(43)51(41)63(58,3-68)49(39)47(61)37(27)36/h56H/t56?,61?,62-,63+,64-,65+. The van der Waals surface area contributed by atoms with Gasteiger partial charge in [0.05, 0.1) is 30.3 Å². The Kier molecular flexibility index (Phi) is 2.09. The van der Waals surface area contributed by atoms with Crippen LogP contribution in [0.5, 0.6) is 0 Å². The van der Waals surface area contributed by atoms with Gasteiger partial charge in [-0.3, -0.25) is 0 Å². The van der Waals surface area contributed by atoms with Crippen LogP contribution < -0.4 is 0 Å². The molecular formula is C65HN5. The zero-order valence-corrected chi connectivity index (χ0v) is 34.8. The SMILES string of the molecule is N#CC12c3c4c5c6c7c8c9c%10c%11c%12c%13c%14c%15c%16c%17c%18c(c1c1c3c3c5c5c%19c6c9c6c9c%10c%13c%10c%13c%14c%17c%14c%17c%18c1c1c3c5c3c(c1%17)c(c%14%13)c(c9%10)c3c%196)[C@@]%16(C#N)C1=C(C(=C(C12)[C@@]47C#N)[C@@]8%11C#N)[C@]%15%12C#N. The monoisotopic (exact) mass is 851 g/mol. The van der Waals surface area contributed by atoms with E-state index in [4.69, 9.17) is 0 Å². The number of nitriles is 5. The van der Waals surface area contributed by atoms with E-state index in [2.05, 4.69) is 30.3 Å². The van der Waals surface area contributed by atoms with Crippen LogP contribution in [0.1, 0.15) is 55.6 Å². The molecule has 0 amide bonds. The molecular weight excluding hydrogens is 851 g/mol. The van der Waals surface area contributed by atoms with E-state index >= 15 is 0 Å². The summed E-state index contributed by atoms with van der Waals surface area (Å²) in [6.45, 7) is 0. The molecule has 286 valence electrons. The molecule has 0 fully saturated rings. The third-order valence-corrected chi connectivity index (χ3v) is 25.5. The highest BCUT2D eigenvalue weighted by molar-refractivity contribution is 6.77. The summed E-state index contributed by atoms with van der Waals surface area (Å²) in [5.41, 5.74) is 6.85. The van der Waals surface area contributed by atoms with Gasteiger partial charge in [0.1, 0.15) is 27.1 Å². The molecule has 5 heteroatoms. The lowest BCUT2D eigenvalue weighted by Gasteiger charge is -2.54. The molecule has 5 nitrogen and oxygen atoms in total. The molecule has 0 saturated heterocycles. The molecule has 0 saturated carbocycles. The van der Waals surface area contributed by atoms with Crippen LogP contribution in [-0.2, 0) is 27.1 Å². The Morgan fingerprint density at radius 2 is 0.371 bits per heavy atom. The minimum atomic E-state index is -1.35. The highest BCUT2D eigenvalue weighted by Gasteiger charge is 2.83.